The molecule has 170 valence electrons. The van der Waals surface area contributed by atoms with Gasteiger partial charge in [0.05, 0.1) is 28.0 Å². The first-order chi connectivity index (χ1) is 15.6. The number of benzene rings is 1. The van der Waals surface area contributed by atoms with Crippen LogP contribution >= 0.6 is 27.5 Å². The van der Waals surface area contributed by atoms with E-state index in [-0.39, 0.29) is 22.1 Å². The number of aromatic nitrogens is 5. The highest BCUT2D eigenvalue weighted by molar-refractivity contribution is 9.10. The first-order valence-corrected chi connectivity index (χ1v) is 10.3. The quantitative estimate of drug-likeness (QED) is 0.357. The maximum Gasteiger partial charge on any atom is 0.435 e. The Morgan fingerprint density at radius 3 is 2.67 bits per heavy atom. The highest BCUT2D eigenvalue weighted by Gasteiger charge is 2.37. The molecule has 4 aromatic rings. The number of fused-ring (bicyclic) bond motifs is 1. The number of aromatic amines is 1. The summed E-state index contributed by atoms with van der Waals surface area (Å²) in [5.41, 5.74) is -1.44. The first-order valence-electron chi connectivity index (χ1n) is 9.09. The number of carbonyl (C=O) groups excluding carboxylic acids is 2. The Morgan fingerprint density at radius 1 is 1.24 bits per heavy atom. The fraction of sp³-hybridized carbons (Fsp3) is 0.105. The summed E-state index contributed by atoms with van der Waals surface area (Å²) < 4.78 is 41.1. The van der Waals surface area contributed by atoms with Crippen LogP contribution < -0.4 is 10.6 Å². The molecule has 0 saturated heterocycles. The van der Waals surface area contributed by atoms with Crippen LogP contribution in [-0.2, 0) is 6.18 Å². The molecule has 1 aromatic carbocycles. The molecule has 0 aliphatic rings. The third-order valence-corrected chi connectivity index (χ3v) is 5.47. The van der Waals surface area contributed by atoms with Gasteiger partial charge in [-0.3, -0.25) is 14.7 Å². The smallest absolute Gasteiger partial charge is 0.355 e. The molecule has 14 heteroatoms. The van der Waals surface area contributed by atoms with E-state index in [1.165, 1.54) is 31.6 Å². The third kappa shape index (κ3) is 4.16. The Balaban J connectivity index is 1.86. The highest BCUT2D eigenvalue weighted by atomic mass is 79.9. The largest absolute Gasteiger partial charge is 0.435 e. The Hall–Kier alpha value is -3.45. The molecule has 3 heterocycles. The lowest BCUT2D eigenvalue weighted by Crippen LogP contribution is -2.23. The normalized spacial score (nSPS) is 11.6. The molecular weight excluding hydrogens is 531 g/mol. The monoisotopic (exact) mass is 541 g/mol. The van der Waals surface area contributed by atoms with Crippen LogP contribution in [0.1, 0.15) is 26.5 Å². The Kier molecular flexibility index (Phi) is 5.84. The van der Waals surface area contributed by atoms with Gasteiger partial charge in [0, 0.05) is 29.2 Å². The summed E-state index contributed by atoms with van der Waals surface area (Å²) in [6.45, 7) is 0. The fourth-order valence-corrected chi connectivity index (χ4v) is 3.83. The average Bonchev–Trinajstić information content (AvgIpc) is 3.41. The molecule has 9 nitrogen and oxygen atoms in total. The average molecular weight is 543 g/mol. The molecule has 0 atom stereocenters. The number of hydrogen-bond donors (Lipinski definition) is 3. The van der Waals surface area contributed by atoms with E-state index in [2.05, 4.69) is 46.8 Å². The summed E-state index contributed by atoms with van der Waals surface area (Å²) in [6.07, 6.45) is -2.06. The molecule has 3 N–H and O–H groups in total. The van der Waals surface area contributed by atoms with Crippen molar-refractivity contribution in [3.63, 3.8) is 0 Å². The second kappa shape index (κ2) is 8.48. The van der Waals surface area contributed by atoms with Gasteiger partial charge in [-0.05, 0) is 34.1 Å². The summed E-state index contributed by atoms with van der Waals surface area (Å²) in [5, 5.41) is 15.6. The van der Waals surface area contributed by atoms with Gasteiger partial charge in [-0.15, -0.1) is 0 Å². The van der Waals surface area contributed by atoms with Crippen molar-refractivity contribution in [1.82, 2.24) is 30.3 Å². The van der Waals surface area contributed by atoms with E-state index >= 15 is 0 Å². The van der Waals surface area contributed by atoms with E-state index in [1.54, 1.807) is 6.07 Å². The molecule has 0 radical (unpaired) electrons. The number of amides is 2. The Bertz CT molecular complexity index is 1400. The van der Waals surface area contributed by atoms with Gasteiger partial charge in [0.15, 0.2) is 11.5 Å². The van der Waals surface area contributed by atoms with E-state index in [9.17, 15) is 22.8 Å². The molecule has 2 amide bonds. The van der Waals surface area contributed by atoms with Crippen molar-refractivity contribution in [1.29, 1.82) is 0 Å². The maximum absolute atomic E-state index is 13.4. The number of nitrogens with one attached hydrogen (secondary N) is 3. The molecule has 0 spiro atoms. The molecule has 0 aliphatic heterocycles. The van der Waals surface area contributed by atoms with Crippen molar-refractivity contribution in [2.75, 3.05) is 12.4 Å². The summed E-state index contributed by atoms with van der Waals surface area (Å²) in [6, 6.07) is 5.04. The number of nitrogens with zero attached hydrogens (tertiary/aromatic N) is 4. The number of alkyl halides is 3. The number of H-pyrrole nitrogens is 1. The number of halogens is 5. The molecule has 3 aromatic heterocycles. The van der Waals surface area contributed by atoms with Crippen molar-refractivity contribution in [2.24, 2.45) is 0 Å². The molecule has 4 rings (SSSR count). The summed E-state index contributed by atoms with van der Waals surface area (Å²) in [4.78, 5) is 29.7. The van der Waals surface area contributed by atoms with E-state index in [4.69, 9.17) is 11.6 Å². The van der Waals surface area contributed by atoms with Gasteiger partial charge in [-0.1, -0.05) is 11.6 Å². The molecule has 0 saturated carbocycles. The minimum absolute atomic E-state index is 0.0181. The molecule has 0 fully saturated rings. The summed E-state index contributed by atoms with van der Waals surface area (Å²) in [7, 11) is 1.39. The number of hydrogen-bond acceptors (Lipinski definition) is 5. The van der Waals surface area contributed by atoms with Gasteiger partial charge in [0.2, 0.25) is 0 Å². The van der Waals surface area contributed by atoms with E-state index in [1.807, 2.05) is 0 Å². The van der Waals surface area contributed by atoms with E-state index in [0.29, 0.717) is 26.1 Å². The lowest BCUT2D eigenvalue weighted by molar-refractivity contribution is -0.141. The van der Waals surface area contributed by atoms with Crippen LogP contribution in [0.25, 0.3) is 16.7 Å². The highest BCUT2D eigenvalue weighted by Crippen LogP contribution is 2.34. The number of pyridine rings is 1. The summed E-state index contributed by atoms with van der Waals surface area (Å²) >= 11 is 9.37. The van der Waals surface area contributed by atoms with E-state index in [0.717, 1.165) is 0 Å². The molecule has 0 unspecified atom stereocenters. The van der Waals surface area contributed by atoms with Crippen LogP contribution in [0.15, 0.2) is 41.1 Å². The fourth-order valence-electron chi connectivity index (χ4n) is 3.09. The van der Waals surface area contributed by atoms with Crippen LogP contribution in [0, 0.1) is 0 Å². The predicted octanol–water partition coefficient (Wildman–Crippen LogP) is 4.19. The van der Waals surface area contributed by atoms with Crippen LogP contribution in [-0.4, -0.2) is 43.8 Å². The molecule has 0 aliphatic carbocycles. The second-order valence-corrected chi connectivity index (χ2v) is 7.87. The van der Waals surface area contributed by atoms with Gasteiger partial charge in [0.1, 0.15) is 5.69 Å². The second-order valence-electron chi connectivity index (χ2n) is 6.61. The first kappa shape index (κ1) is 22.7. The lowest BCUT2D eigenvalue weighted by atomic mass is 10.1. The van der Waals surface area contributed by atoms with Gasteiger partial charge in [0.25, 0.3) is 11.8 Å². The Morgan fingerprint density at radius 2 is 2.00 bits per heavy atom. The molecule has 0 bridgehead atoms. The van der Waals surface area contributed by atoms with Gasteiger partial charge < -0.3 is 10.6 Å². The number of rotatable bonds is 4. The van der Waals surface area contributed by atoms with Crippen molar-refractivity contribution in [3.05, 3.63) is 63.1 Å². The third-order valence-electron chi connectivity index (χ3n) is 4.55. The van der Waals surface area contributed by atoms with Gasteiger partial charge >= 0.3 is 6.18 Å². The predicted molar refractivity (Wildman–Crippen MR) is 117 cm³/mol. The van der Waals surface area contributed by atoms with Crippen molar-refractivity contribution >= 4 is 55.9 Å². The van der Waals surface area contributed by atoms with E-state index < -0.39 is 29.4 Å². The SMILES string of the molecule is CNC(=O)c1c(NC(=O)c2cc(C(F)(F)F)nn2-c2ncccc2Cl)c(Br)cc2cn[nH]c12. The zero-order chi connectivity index (χ0) is 23.9. The Labute approximate surface area is 196 Å². The van der Waals surface area contributed by atoms with Crippen LogP contribution in [0.5, 0.6) is 0 Å². The summed E-state index contributed by atoms with van der Waals surface area (Å²) in [5.74, 6) is -1.71. The van der Waals surface area contributed by atoms with Crippen molar-refractivity contribution < 1.29 is 22.8 Å². The minimum atomic E-state index is -4.83. The lowest BCUT2D eigenvalue weighted by Gasteiger charge is -2.14. The number of anilines is 1. The topological polar surface area (TPSA) is 118 Å². The standard InChI is InChI=1S/C19H12BrClF3N7O2/c1-25-18(33)13-14-8(7-27-29-14)5-9(20)15(13)28-17(32)11-6-12(19(22,23)24)30-31(11)16-10(21)3-2-4-26-16/h2-7H,1H3,(H,25,33)(H,27,29)(H,28,32). The zero-order valence-corrected chi connectivity index (χ0v) is 18.8. The zero-order valence-electron chi connectivity index (χ0n) is 16.5. The van der Waals surface area contributed by atoms with Crippen LogP contribution in [0.4, 0.5) is 18.9 Å². The van der Waals surface area contributed by atoms with Gasteiger partial charge in [-0.25, -0.2) is 9.67 Å². The maximum atomic E-state index is 13.4. The minimum Gasteiger partial charge on any atom is -0.355 e. The number of carbonyl (C=O) groups is 2. The van der Waals surface area contributed by atoms with Crippen LogP contribution in [0.3, 0.4) is 0 Å². The van der Waals surface area contributed by atoms with Crippen molar-refractivity contribution in [2.45, 2.75) is 6.18 Å². The van der Waals surface area contributed by atoms with Crippen LogP contribution in [0.2, 0.25) is 5.02 Å². The molecular formula is C19H12BrClF3N7O2. The molecule has 33 heavy (non-hydrogen) atoms. The van der Waals surface area contributed by atoms with Gasteiger partial charge in [-0.2, -0.15) is 23.4 Å². The van der Waals surface area contributed by atoms with Crippen molar-refractivity contribution in [3.8, 4) is 5.82 Å².